The summed E-state index contributed by atoms with van der Waals surface area (Å²) in [5.41, 5.74) is 0. The van der Waals surface area contributed by atoms with E-state index < -0.39 is 0 Å². The van der Waals surface area contributed by atoms with Gasteiger partial charge >= 0.3 is 0 Å². The van der Waals surface area contributed by atoms with Crippen molar-refractivity contribution in [3.63, 3.8) is 0 Å². The normalized spacial score (nSPS) is 12.3. The minimum absolute atomic E-state index is 0.596. The average Bonchev–Trinajstić information content (AvgIpc) is 2.30. The first-order valence-electron chi connectivity index (χ1n) is 7.08. The zero-order valence-electron chi connectivity index (χ0n) is 12.8. The molecule has 0 fully saturated rings. The molecule has 0 aliphatic heterocycles. The Morgan fingerprint density at radius 2 is 1.72 bits per heavy atom. The van der Waals surface area contributed by atoms with Gasteiger partial charge in [-0.05, 0) is 24.7 Å². The summed E-state index contributed by atoms with van der Waals surface area (Å²) in [6.45, 7) is 12.1. The molecule has 0 amide bonds. The van der Waals surface area contributed by atoms with Crippen LogP contribution in [0.2, 0.25) is 0 Å². The molecule has 18 heavy (non-hydrogen) atoms. The molecule has 0 saturated carbocycles. The molecule has 108 valence electrons. The molecule has 0 atom stereocenters. The van der Waals surface area contributed by atoms with Crippen molar-refractivity contribution >= 4 is 5.96 Å². The van der Waals surface area contributed by atoms with Gasteiger partial charge in [-0.1, -0.05) is 27.7 Å². The van der Waals surface area contributed by atoms with Gasteiger partial charge in [0, 0.05) is 26.7 Å². The summed E-state index contributed by atoms with van der Waals surface area (Å²) in [7, 11) is 1.80. The maximum atomic E-state index is 5.50. The first-order chi connectivity index (χ1) is 8.56. The molecule has 4 heteroatoms. The molecule has 0 spiro atoms. The second-order valence-electron chi connectivity index (χ2n) is 5.43. The zero-order chi connectivity index (χ0) is 13.8. The molecule has 4 nitrogen and oxygen atoms in total. The van der Waals surface area contributed by atoms with Gasteiger partial charge in [-0.3, -0.25) is 4.99 Å². The highest BCUT2D eigenvalue weighted by atomic mass is 16.5. The van der Waals surface area contributed by atoms with Crippen LogP contribution in [0.25, 0.3) is 0 Å². The Morgan fingerprint density at radius 3 is 2.28 bits per heavy atom. The molecule has 0 bridgehead atoms. The van der Waals surface area contributed by atoms with Gasteiger partial charge < -0.3 is 15.4 Å². The summed E-state index contributed by atoms with van der Waals surface area (Å²) in [6, 6.07) is 0. The van der Waals surface area contributed by atoms with Crippen LogP contribution in [-0.4, -0.2) is 39.3 Å². The number of guanidine groups is 1. The highest BCUT2D eigenvalue weighted by molar-refractivity contribution is 5.79. The third kappa shape index (κ3) is 11.7. The van der Waals surface area contributed by atoms with Gasteiger partial charge in [-0.25, -0.2) is 0 Å². The zero-order valence-corrected chi connectivity index (χ0v) is 12.8. The molecule has 0 radical (unpaired) electrons. The van der Waals surface area contributed by atoms with Gasteiger partial charge in [-0.2, -0.15) is 0 Å². The van der Waals surface area contributed by atoms with Gasteiger partial charge in [-0.15, -0.1) is 0 Å². The molecule has 0 unspecified atom stereocenters. The van der Waals surface area contributed by atoms with E-state index >= 15 is 0 Å². The van der Waals surface area contributed by atoms with Crippen molar-refractivity contribution in [3.8, 4) is 0 Å². The highest BCUT2D eigenvalue weighted by Crippen LogP contribution is 2.01. The van der Waals surface area contributed by atoms with Crippen molar-refractivity contribution in [2.75, 3.05) is 33.4 Å². The first-order valence-corrected chi connectivity index (χ1v) is 7.08. The number of hydrogen-bond donors (Lipinski definition) is 2. The average molecular weight is 257 g/mol. The summed E-state index contributed by atoms with van der Waals surface area (Å²) >= 11 is 0. The Bertz CT molecular complexity index is 215. The van der Waals surface area contributed by atoms with Crippen molar-refractivity contribution in [3.05, 3.63) is 0 Å². The van der Waals surface area contributed by atoms with Crippen LogP contribution in [0, 0.1) is 11.8 Å². The maximum Gasteiger partial charge on any atom is 0.191 e. The molecule has 0 aromatic rings. The Balaban J connectivity index is 3.48. The summed E-state index contributed by atoms with van der Waals surface area (Å²) < 4.78 is 5.50. The molecule has 2 N–H and O–H groups in total. The van der Waals surface area contributed by atoms with E-state index in [4.69, 9.17) is 4.74 Å². The van der Waals surface area contributed by atoms with Crippen molar-refractivity contribution in [2.24, 2.45) is 16.8 Å². The maximum absolute atomic E-state index is 5.50. The summed E-state index contributed by atoms with van der Waals surface area (Å²) in [5.74, 6) is 2.23. The smallest absolute Gasteiger partial charge is 0.191 e. The summed E-state index contributed by atoms with van der Waals surface area (Å²) in [4.78, 5) is 4.18. The second-order valence-corrected chi connectivity index (χ2v) is 5.43. The number of nitrogens with one attached hydrogen (secondary N) is 2. The fraction of sp³-hybridized carbons (Fsp3) is 0.929. The number of aliphatic imine (C=N–C) groups is 1. The number of ether oxygens (including phenoxy) is 1. The van der Waals surface area contributed by atoms with Gasteiger partial charge in [0.25, 0.3) is 0 Å². The van der Waals surface area contributed by atoms with E-state index in [1.807, 2.05) is 0 Å². The number of rotatable bonds is 9. The van der Waals surface area contributed by atoms with Crippen LogP contribution in [0.4, 0.5) is 0 Å². The molecule has 0 rings (SSSR count). The minimum Gasteiger partial charge on any atom is -0.379 e. The van der Waals surface area contributed by atoms with Crippen LogP contribution in [-0.2, 0) is 4.74 Å². The van der Waals surface area contributed by atoms with E-state index in [-0.39, 0.29) is 0 Å². The Labute approximate surface area is 113 Å². The van der Waals surface area contributed by atoms with Crippen molar-refractivity contribution in [1.29, 1.82) is 0 Å². The van der Waals surface area contributed by atoms with Gasteiger partial charge in [0.2, 0.25) is 0 Å². The molecule has 0 aliphatic rings. The fourth-order valence-electron chi connectivity index (χ4n) is 1.50. The standard InChI is InChI=1S/C14H31N3O/c1-12(2)7-6-8-16-14(15-5)17-9-10-18-11-13(3)4/h12-13H,6-11H2,1-5H3,(H2,15,16,17). The largest absolute Gasteiger partial charge is 0.379 e. The quantitative estimate of drug-likeness (QED) is 0.378. The van der Waals surface area contributed by atoms with Crippen molar-refractivity contribution < 1.29 is 4.74 Å². The third-order valence-electron chi connectivity index (χ3n) is 2.46. The number of hydrogen-bond acceptors (Lipinski definition) is 2. The van der Waals surface area contributed by atoms with Crippen LogP contribution in [0.3, 0.4) is 0 Å². The van der Waals surface area contributed by atoms with E-state index in [2.05, 4.69) is 43.3 Å². The van der Waals surface area contributed by atoms with Crippen LogP contribution < -0.4 is 10.6 Å². The topological polar surface area (TPSA) is 45.7 Å². The van der Waals surface area contributed by atoms with Crippen molar-refractivity contribution in [2.45, 2.75) is 40.5 Å². The predicted molar refractivity (Wildman–Crippen MR) is 79.1 cm³/mol. The predicted octanol–water partition coefficient (Wildman–Crippen LogP) is 2.26. The van der Waals surface area contributed by atoms with Gasteiger partial charge in [0.05, 0.1) is 6.61 Å². The molecule has 0 aromatic carbocycles. The third-order valence-corrected chi connectivity index (χ3v) is 2.46. The second kappa shape index (κ2) is 11.3. The monoisotopic (exact) mass is 257 g/mol. The molecule has 0 heterocycles. The highest BCUT2D eigenvalue weighted by Gasteiger charge is 1.98. The lowest BCUT2D eigenvalue weighted by atomic mass is 10.1. The summed E-state index contributed by atoms with van der Waals surface area (Å²) in [5, 5.41) is 6.55. The van der Waals surface area contributed by atoms with E-state index in [9.17, 15) is 0 Å². The van der Waals surface area contributed by atoms with E-state index in [1.165, 1.54) is 12.8 Å². The van der Waals surface area contributed by atoms with E-state index in [0.29, 0.717) is 5.92 Å². The van der Waals surface area contributed by atoms with Gasteiger partial charge in [0.15, 0.2) is 5.96 Å². The van der Waals surface area contributed by atoms with E-state index in [0.717, 1.165) is 38.2 Å². The van der Waals surface area contributed by atoms with Crippen LogP contribution in [0.1, 0.15) is 40.5 Å². The molecule has 0 saturated heterocycles. The van der Waals surface area contributed by atoms with Crippen LogP contribution in [0.15, 0.2) is 4.99 Å². The molecule has 0 aromatic heterocycles. The fourth-order valence-corrected chi connectivity index (χ4v) is 1.50. The van der Waals surface area contributed by atoms with Gasteiger partial charge in [0.1, 0.15) is 0 Å². The lowest BCUT2D eigenvalue weighted by molar-refractivity contribution is 0.114. The number of nitrogens with zero attached hydrogens (tertiary/aromatic N) is 1. The summed E-state index contributed by atoms with van der Waals surface area (Å²) in [6.07, 6.45) is 2.43. The first kappa shape index (κ1) is 17.2. The molecule has 0 aliphatic carbocycles. The lowest BCUT2D eigenvalue weighted by Gasteiger charge is -2.13. The SMILES string of the molecule is CN=C(NCCCC(C)C)NCCOCC(C)C. The minimum atomic E-state index is 0.596. The Hall–Kier alpha value is -0.770. The van der Waals surface area contributed by atoms with E-state index in [1.54, 1.807) is 7.05 Å². The molecular formula is C14H31N3O. The Kier molecular flexibility index (Phi) is 10.8. The van der Waals surface area contributed by atoms with Crippen LogP contribution in [0.5, 0.6) is 0 Å². The van der Waals surface area contributed by atoms with Crippen LogP contribution >= 0.6 is 0 Å². The lowest BCUT2D eigenvalue weighted by Crippen LogP contribution is -2.39. The van der Waals surface area contributed by atoms with Crippen molar-refractivity contribution in [1.82, 2.24) is 10.6 Å². The molecular weight excluding hydrogens is 226 g/mol. The Morgan fingerprint density at radius 1 is 1.06 bits per heavy atom.